The Labute approximate surface area is 250 Å². The molecular formula is C30H31Br2N3O5. The lowest BCUT2D eigenvalue weighted by molar-refractivity contribution is -0.145. The number of hydrogen-bond acceptors (Lipinski definition) is 5. The van der Waals surface area contributed by atoms with Gasteiger partial charge in [-0.2, -0.15) is 0 Å². The van der Waals surface area contributed by atoms with E-state index >= 15 is 0 Å². The van der Waals surface area contributed by atoms with Gasteiger partial charge in [0.1, 0.15) is 12.6 Å². The van der Waals surface area contributed by atoms with Crippen LogP contribution in [-0.2, 0) is 30.3 Å². The van der Waals surface area contributed by atoms with E-state index in [1.807, 2.05) is 42.5 Å². The second-order valence-corrected chi connectivity index (χ2v) is 10.7. The first kappa shape index (κ1) is 31.0. The second-order valence-electron chi connectivity index (χ2n) is 8.85. The standard InChI is InChI=1S/C30H31Br2N3O5/c1-2-40-28(38)20-33-30(39)29(22-6-4-3-5-7-22)35(19-18-21-8-10-23(31)11-9-21)27(37)17-16-26(36)34-25-14-12-24(32)13-15-25/h3-15,29H,2,16-20H2,1H3,(H,33,39)(H,34,36)/t29-/m0/s1. The minimum absolute atomic E-state index is 0.0599. The van der Waals surface area contributed by atoms with Crippen LogP contribution < -0.4 is 10.6 Å². The summed E-state index contributed by atoms with van der Waals surface area (Å²) in [5.74, 6) is -1.75. The third-order valence-corrected chi connectivity index (χ3v) is 7.01. The molecule has 0 unspecified atom stereocenters. The maximum Gasteiger partial charge on any atom is 0.325 e. The quantitative estimate of drug-likeness (QED) is 0.236. The molecule has 0 aliphatic heterocycles. The van der Waals surface area contributed by atoms with E-state index in [2.05, 4.69) is 42.5 Å². The molecular weight excluding hydrogens is 642 g/mol. The van der Waals surface area contributed by atoms with Gasteiger partial charge in [-0.1, -0.05) is 74.3 Å². The summed E-state index contributed by atoms with van der Waals surface area (Å²) in [5, 5.41) is 5.40. The van der Waals surface area contributed by atoms with Gasteiger partial charge in [0.25, 0.3) is 0 Å². The lowest BCUT2D eigenvalue weighted by atomic mass is 10.0. The van der Waals surface area contributed by atoms with Crippen LogP contribution in [0.25, 0.3) is 0 Å². The molecule has 210 valence electrons. The topological polar surface area (TPSA) is 105 Å². The highest BCUT2D eigenvalue weighted by molar-refractivity contribution is 9.10. The maximum atomic E-state index is 13.6. The molecule has 10 heteroatoms. The Balaban J connectivity index is 1.81. The SMILES string of the molecule is CCOC(=O)CNC(=O)[C@H](c1ccccc1)N(CCc1ccc(Br)cc1)C(=O)CCC(=O)Nc1ccc(Br)cc1. The fourth-order valence-corrected chi connectivity index (χ4v) is 4.52. The van der Waals surface area contributed by atoms with Crippen LogP contribution in [0.5, 0.6) is 0 Å². The largest absolute Gasteiger partial charge is 0.465 e. The van der Waals surface area contributed by atoms with Crippen LogP contribution in [0.15, 0.2) is 87.8 Å². The highest BCUT2D eigenvalue weighted by Gasteiger charge is 2.31. The molecule has 3 aromatic carbocycles. The molecule has 0 aliphatic rings. The van der Waals surface area contributed by atoms with Crippen LogP contribution in [0, 0.1) is 0 Å². The zero-order valence-electron chi connectivity index (χ0n) is 22.1. The van der Waals surface area contributed by atoms with Crippen molar-refractivity contribution in [1.29, 1.82) is 0 Å². The minimum Gasteiger partial charge on any atom is -0.465 e. The molecule has 1 atom stereocenters. The molecule has 3 amide bonds. The highest BCUT2D eigenvalue weighted by atomic mass is 79.9. The number of nitrogens with one attached hydrogen (secondary N) is 2. The van der Waals surface area contributed by atoms with Crippen LogP contribution in [0.3, 0.4) is 0 Å². The number of carbonyl (C=O) groups excluding carboxylic acids is 4. The Bertz CT molecular complexity index is 1280. The maximum absolute atomic E-state index is 13.6. The molecule has 3 aromatic rings. The fourth-order valence-electron chi connectivity index (χ4n) is 4.00. The Morgan fingerprint density at radius 1 is 0.850 bits per heavy atom. The van der Waals surface area contributed by atoms with Crippen molar-refractivity contribution >= 4 is 61.2 Å². The van der Waals surface area contributed by atoms with Crippen LogP contribution in [0.1, 0.15) is 36.9 Å². The number of halogens is 2. The third-order valence-electron chi connectivity index (χ3n) is 5.96. The van der Waals surface area contributed by atoms with Crippen molar-refractivity contribution in [2.24, 2.45) is 0 Å². The van der Waals surface area contributed by atoms with E-state index < -0.39 is 17.9 Å². The summed E-state index contributed by atoms with van der Waals surface area (Å²) in [6.45, 7) is 1.78. The average molecular weight is 673 g/mol. The van der Waals surface area contributed by atoms with E-state index in [0.717, 1.165) is 14.5 Å². The summed E-state index contributed by atoms with van der Waals surface area (Å²) in [6, 6.07) is 22.7. The van der Waals surface area contributed by atoms with Crippen molar-refractivity contribution in [2.45, 2.75) is 32.2 Å². The van der Waals surface area contributed by atoms with Crippen LogP contribution >= 0.6 is 31.9 Å². The first-order valence-electron chi connectivity index (χ1n) is 12.8. The molecule has 40 heavy (non-hydrogen) atoms. The molecule has 2 N–H and O–H groups in total. The van der Waals surface area contributed by atoms with E-state index in [4.69, 9.17) is 4.74 Å². The number of ether oxygens (including phenoxy) is 1. The number of esters is 1. The lowest BCUT2D eigenvalue weighted by Crippen LogP contribution is -2.46. The number of nitrogens with zero attached hydrogens (tertiary/aromatic N) is 1. The van der Waals surface area contributed by atoms with Crippen molar-refractivity contribution in [2.75, 3.05) is 25.0 Å². The van der Waals surface area contributed by atoms with Crippen LogP contribution in [0.2, 0.25) is 0 Å². The van der Waals surface area contributed by atoms with Gasteiger partial charge in [-0.25, -0.2) is 0 Å². The smallest absolute Gasteiger partial charge is 0.325 e. The Morgan fingerprint density at radius 2 is 1.48 bits per heavy atom. The number of rotatable bonds is 13. The summed E-state index contributed by atoms with van der Waals surface area (Å²) in [6.07, 6.45) is 0.325. The summed E-state index contributed by atoms with van der Waals surface area (Å²) < 4.78 is 6.75. The molecule has 0 saturated heterocycles. The summed E-state index contributed by atoms with van der Waals surface area (Å²) in [7, 11) is 0. The van der Waals surface area contributed by atoms with Crippen molar-refractivity contribution in [3.05, 3.63) is 98.9 Å². The number of benzene rings is 3. The molecule has 0 fully saturated rings. The third kappa shape index (κ3) is 9.91. The summed E-state index contributed by atoms with van der Waals surface area (Å²) >= 11 is 6.79. The normalized spacial score (nSPS) is 11.3. The van der Waals surface area contributed by atoms with Gasteiger partial charge < -0.3 is 20.3 Å². The molecule has 0 heterocycles. The molecule has 0 radical (unpaired) electrons. The molecule has 3 rings (SSSR count). The van der Waals surface area contributed by atoms with Gasteiger partial charge in [0.15, 0.2) is 0 Å². The van der Waals surface area contributed by atoms with Gasteiger partial charge in [0.2, 0.25) is 17.7 Å². The lowest BCUT2D eigenvalue weighted by Gasteiger charge is -2.31. The number of hydrogen-bond donors (Lipinski definition) is 2. The van der Waals surface area contributed by atoms with Gasteiger partial charge in [0, 0.05) is 34.0 Å². The fraction of sp³-hybridized carbons (Fsp3) is 0.267. The summed E-state index contributed by atoms with van der Waals surface area (Å²) in [5.41, 5.74) is 2.19. The molecule has 0 aliphatic carbocycles. The number of carbonyl (C=O) groups is 4. The molecule has 0 spiro atoms. The van der Waals surface area contributed by atoms with Crippen LogP contribution in [-0.4, -0.2) is 48.3 Å². The van der Waals surface area contributed by atoms with Gasteiger partial charge in [0.05, 0.1) is 6.61 Å². The predicted octanol–water partition coefficient (Wildman–Crippen LogP) is 5.42. The first-order valence-corrected chi connectivity index (χ1v) is 14.4. The van der Waals surface area contributed by atoms with Gasteiger partial charge >= 0.3 is 5.97 Å². The van der Waals surface area contributed by atoms with E-state index in [1.54, 1.807) is 43.3 Å². The average Bonchev–Trinajstić information content (AvgIpc) is 2.95. The summed E-state index contributed by atoms with van der Waals surface area (Å²) in [4.78, 5) is 53.1. The zero-order valence-corrected chi connectivity index (χ0v) is 25.2. The van der Waals surface area contributed by atoms with E-state index in [9.17, 15) is 19.2 Å². The van der Waals surface area contributed by atoms with Crippen LogP contribution in [0.4, 0.5) is 5.69 Å². The number of anilines is 1. The van der Waals surface area contributed by atoms with Crippen molar-refractivity contribution in [3.8, 4) is 0 Å². The molecule has 0 saturated carbocycles. The zero-order chi connectivity index (χ0) is 28.9. The van der Waals surface area contributed by atoms with Crippen molar-refractivity contribution < 1.29 is 23.9 Å². The van der Waals surface area contributed by atoms with Gasteiger partial charge in [-0.3, -0.25) is 19.2 Å². The number of amides is 3. The van der Waals surface area contributed by atoms with Crippen molar-refractivity contribution in [3.63, 3.8) is 0 Å². The van der Waals surface area contributed by atoms with Crippen molar-refractivity contribution in [1.82, 2.24) is 10.2 Å². The highest BCUT2D eigenvalue weighted by Crippen LogP contribution is 2.24. The molecule has 8 nitrogen and oxygen atoms in total. The monoisotopic (exact) mass is 671 g/mol. The molecule has 0 aromatic heterocycles. The minimum atomic E-state index is -1.01. The first-order chi connectivity index (χ1) is 19.3. The predicted molar refractivity (Wildman–Crippen MR) is 160 cm³/mol. The van der Waals surface area contributed by atoms with E-state index in [0.29, 0.717) is 17.7 Å². The van der Waals surface area contributed by atoms with Gasteiger partial charge in [-0.15, -0.1) is 0 Å². The Hall–Kier alpha value is -3.50. The van der Waals surface area contributed by atoms with Gasteiger partial charge in [-0.05, 0) is 60.9 Å². The van der Waals surface area contributed by atoms with E-state index in [-0.39, 0.29) is 44.4 Å². The Kier molecular flexibility index (Phi) is 12.4. The molecule has 0 bridgehead atoms. The second kappa shape index (κ2) is 15.9. The Morgan fingerprint density at radius 3 is 2.10 bits per heavy atom. The van der Waals surface area contributed by atoms with E-state index in [1.165, 1.54) is 4.90 Å².